The largest absolute Gasteiger partial charge is 0.145 e. The van der Waals surface area contributed by atoms with Gasteiger partial charge >= 0.3 is 0 Å². The van der Waals surface area contributed by atoms with Crippen molar-refractivity contribution >= 4 is 11.3 Å². The van der Waals surface area contributed by atoms with Crippen LogP contribution in [0.25, 0.3) is 0 Å². The van der Waals surface area contributed by atoms with Gasteiger partial charge in [-0.05, 0) is 37.3 Å². The van der Waals surface area contributed by atoms with Crippen molar-refractivity contribution in [2.75, 3.05) is 0 Å². The molecule has 0 aliphatic rings. The van der Waals surface area contributed by atoms with E-state index in [2.05, 4.69) is 40.7 Å². The third-order valence-corrected chi connectivity index (χ3v) is 4.33. The highest BCUT2D eigenvalue weighted by Crippen LogP contribution is 2.36. The van der Waals surface area contributed by atoms with Crippen LogP contribution in [0, 0.1) is 13.8 Å². The predicted octanol–water partition coefficient (Wildman–Crippen LogP) is 4.83. The molecular formula is C13H22S. The summed E-state index contributed by atoms with van der Waals surface area (Å²) < 4.78 is 0. The van der Waals surface area contributed by atoms with Crippen molar-refractivity contribution in [1.82, 2.24) is 0 Å². The minimum Gasteiger partial charge on any atom is -0.145 e. The lowest BCUT2D eigenvalue weighted by Gasteiger charge is -2.24. The molecule has 1 heteroatoms. The molecule has 14 heavy (non-hydrogen) atoms. The van der Waals surface area contributed by atoms with Gasteiger partial charge in [-0.15, -0.1) is 11.3 Å². The molecule has 0 amide bonds. The first-order valence-corrected chi connectivity index (χ1v) is 6.36. The van der Waals surface area contributed by atoms with Crippen LogP contribution in [0.15, 0.2) is 6.07 Å². The zero-order valence-electron chi connectivity index (χ0n) is 10.1. The second-order valence-corrected chi connectivity index (χ2v) is 6.11. The molecule has 1 aromatic rings. The number of aryl methyl sites for hydroxylation is 2. The van der Waals surface area contributed by atoms with Crippen molar-refractivity contribution in [3.05, 3.63) is 21.4 Å². The summed E-state index contributed by atoms with van der Waals surface area (Å²) in [5.41, 5.74) is 1.85. The van der Waals surface area contributed by atoms with Crippen molar-refractivity contribution in [3.63, 3.8) is 0 Å². The Bertz CT molecular complexity index is 294. The Morgan fingerprint density at radius 2 is 1.93 bits per heavy atom. The summed E-state index contributed by atoms with van der Waals surface area (Å²) in [7, 11) is 0. The van der Waals surface area contributed by atoms with Crippen LogP contribution in [0.1, 0.15) is 55.4 Å². The van der Waals surface area contributed by atoms with Gasteiger partial charge in [-0.2, -0.15) is 0 Å². The highest BCUT2D eigenvalue weighted by atomic mass is 32.1. The molecule has 0 radical (unpaired) electrons. The lowest BCUT2D eigenvalue weighted by Crippen LogP contribution is -2.16. The van der Waals surface area contributed by atoms with E-state index in [1.165, 1.54) is 29.7 Å². The van der Waals surface area contributed by atoms with Gasteiger partial charge in [0, 0.05) is 9.75 Å². The van der Waals surface area contributed by atoms with Crippen molar-refractivity contribution in [3.8, 4) is 0 Å². The minimum absolute atomic E-state index is 0.374. The van der Waals surface area contributed by atoms with Crippen LogP contribution in [-0.2, 0) is 5.41 Å². The predicted molar refractivity (Wildman–Crippen MR) is 66.3 cm³/mol. The van der Waals surface area contributed by atoms with Crippen LogP contribution in [-0.4, -0.2) is 0 Å². The fraction of sp³-hybridized carbons (Fsp3) is 0.692. The Morgan fingerprint density at radius 3 is 2.36 bits per heavy atom. The Balaban J connectivity index is 2.85. The van der Waals surface area contributed by atoms with Gasteiger partial charge in [0.1, 0.15) is 0 Å². The van der Waals surface area contributed by atoms with E-state index in [-0.39, 0.29) is 0 Å². The van der Waals surface area contributed by atoms with Gasteiger partial charge in [0.25, 0.3) is 0 Å². The fourth-order valence-electron chi connectivity index (χ4n) is 2.05. The summed E-state index contributed by atoms with van der Waals surface area (Å²) in [6.45, 7) is 11.5. The maximum atomic E-state index is 2.38. The molecule has 0 aliphatic heterocycles. The zero-order valence-corrected chi connectivity index (χ0v) is 10.9. The third kappa shape index (κ3) is 2.60. The van der Waals surface area contributed by atoms with E-state index >= 15 is 0 Å². The molecule has 0 bridgehead atoms. The SMILES string of the molecule is CCCCC(C)(C)c1sc(C)cc1C. The molecule has 1 aromatic heterocycles. The van der Waals surface area contributed by atoms with E-state index in [0.29, 0.717) is 5.41 Å². The summed E-state index contributed by atoms with van der Waals surface area (Å²) in [4.78, 5) is 3.03. The van der Waals surface area contributed by atoms with Crippen molar-refractivity contribution in [2.45, 2.75) is 59.3 Å². The molecule has 0 nitrogen and oxygen atoms in total. The highest BCUT2D eigenvalue weighted by molar-refractivity contribution is 7.12. The number of rotatable bonds is 4. The monoisotopic (exact) mass is 210 g/mol. The second kappa shape index (κ2) is 4.48. The van der Waals surface area contributed by atoms with Gasteiger partial charge in [0.05, 0.1) is 0 Å². The molecule has 0 spiro atoms. The van der Waals surface area contributed by atoms with Gasteiger partial charge in [-0.3, -0.25) is 0 Å². The van der Waals surface area contributed by atoms with Gasteiger partial charge < -0.3 is 0 Å². The summed E-state index contributed by atoms with van der Waals surface area (Å²) in [6, 6.07) is 2.31. The Morgan fingerprint density at radius 1 is 1.29 bits per heavy atom. The summed E-state index contributed by atoms with van der Waals surface area (Å²) in [5.74, 6) is 0. The number of thiophene rings is 1. The van der Waals surface area contributed by atoms with Crippen molar-refractivity contribution in [2.24, 2.45) is 0 Å². The van der Waals surface area contributed by atoms with E-state index < -0.39 is 0 Å². The Hall–Kier alpha value is -0.300. The molecule has 0 aliphatic carbocycles. The molecule has 0 atom stereocenters. The quantitative estimate of drug-likeness (QED) is 0.667. The topological polar surface area (TPSA) is 0 Å². The lowest BCUT2D eigenvalue weighted by atomic mass is 9.84. The first-order chi connectivity index (χ1) is 6.47. The standard InChI is InChI=1S/C13H22S/c1-6-7-8-13(4,5)12-10(2)9-11(3)14-12/h9H,6-8H2,1-5H3. The first kappa shape index (κ1) is 11.8. The number of unbranched alkanes of at least 4 members (excludes halogenated alkanes) is 1. The Kier molecular flexibility index (Phi) is 3.77. The summed E-state index contributed by atoms with van der Waals surface area (Å²) in [6.07, 6.45) is 3.94. The normalized spacial score (nSPS) is 12.1. The summed E-state index contributed by atoms with van der Waals surface area (Å²) in [5, 5.41) is 0. The van der Waals surface area contributed by atoms with Crippen LogP contribution >= 0.6 is 11.3 Å². The first-order valence-electron chi connectivity index (χ1n) is 5.55. The van der Waals surface area contributed by atoms with E-state index in [9.17, 15) is 0 Å². The zero-order chi connectivity index (χ0) is 10.8. The molecule has 0 unspecified atom stereocenters. The van der Waals surface area contributed by atoms with Gasteiger partial charge in [0.15, 0.2) is 0 Å². The van der Waals surface area contributed by atoms with E-state index in [1.807, 2.05) is 11.3 Å². The molecule has 80 valence electrons. The fourth-order valence-corrected chi connectivity index (χ4v) is 3.20. The van der Waals surface area contributed by atoms with Crippen LogP contribution < -0.4 is 0 Å². The average Bonchev–Trinajstić information content (AvgIpc) is 2.42. The molecule has 0 N–H and O–H groups in total. The number of hydrogen-bond acceptors (Lipinski definition) is 1. The highest BCUT2D eigenvalue weighted by Gasteiger charge is 2.23. The smallest absolute Gasteiger partial charge is 0.0133 e. The van der Waals surface area contributed by atoms with E-state index in [4.69, 9.17) is 0 Å². The van der Waals surface area contributed by atoms with Crippen LogP contribution in [0.2, 0.25) is 0 Å². The molecule has 0 aromatic carbocycles. The average molecular weight is 210 g/mol. The second-order valence-electron chi connectivity index (χ2n) is 4.86. The van der Waals surface area contributed by atoms with Gasteiger partial charge in [-0.25, -0.2) is 0 Å². The van der Waals surface area contributed by atoms with Crippen LogP contribution in [0.5, 0.6) is 0 Å². The van der Waals surface area contributed by atoms with Crippen molar-refractivity contribution in [1.29, 1.82) is 0 Å². The molecule has 0 saturated carbocycles. The van der Waals surface area contributed by atoms with Crippen LogP contribution in [0.4, 0.5) is 0 Å². The lowest BCUT2D eigenvalue weighted by molar-refractivity contribution is 0.464. The maximum absolute atomic E-state index is 2.38. The van der Waals surface area contributed by atoms with Crippen LogP contribution in [0.3, 0.4) is 0 Å². The van der Waals surface area contributed by atoms with Crippen molar-refractivity contribution < 1.29 is 0 Å². The van der Waals surface area contributed by atoms with Gasteiger partial charge in [-0.1, -0.05) is 33.6 Å². The number of hydrogen-bond donors (Lipinski definition) is 0. The molecular weight excluding hydrogens is 188 g/mol. The van der Waals surface area contributed by atoms with E-state index in [0.717, 1.165) is 0 Å². The third-order valence-electron chi connectivity index (χ3n) is 2.81. The molecule has 1 heterocycles. The Labute approximate surface area is 92.4 Å². The van der Waals surface area contributed by atoms with Gasteiger partial charge in [0.2, 0.25) is 0 Å². The molecule has 0 fully saturated rings. The van der Waals surface area contributed by atoms with E-state index in [1.54, 1.807) is 4.88 Å². The maximum Gasteiger partial charge on any atom is 0.0133 e. The minimum atomic E-state index is 0.374. The molecule has 0 saturated heterocycles. The summed E-state index contributed by atoms with van der Waals surface area (Å²) >= 11 is 1.97. The molecule has 1 rings (SSSR count).